The number of benzene rings is 1. The largest absolute Gasteiger partial charge is 0.496 e. The summed E-state index contributed by atoms with van der Waals surface area (Å²) in [5, 5.41) is 5.69. The van der Waals surface area contributed by atoms with Gasteiger partial charge in [0.25, 0.3) is 0 Å². The lowest BCUT2D eigenvalue weighted by Gasteiger charge is -2.20. The summed E-state index contributed by atoms with van der Waals surface area (Å²) in [5.41, 5.74) is 0.703. The van der Waals surface area contributed by atoms with Gasteiger partial charge in [0.15, 0.2) is 0 Å². The van der Waals surface area contributed by atoms with Gasteiger partial charge < -0.3 is 20.1 Å². The molecule has 5 nitrogen and oxygen atoms in total. The van der Waals surface area contributed by atoms with Gasteiger partial charge in [0.1, 0.15) is 5.75 Å². The molecule has 1 aliphatic rings. The molecule has 110 valence electrons. The van der Waals surface area contributed by atoms with E-state index in [0.29, 0.717) is 5.69 Å². The highest BCUT2D eigenvalue weighted by molar-refractivity contribution is 9.10. The minimum absolute atomic E-state index is 0.000751. The van der Waals surface area contributed by atoms with Crippen molar-refractivity contribution in [3.05, 3.63) is 22.7 Å². The Hall–Kier alpha value is -1.27. The van der Waals surface area contributed by atoms with Crippen LogP contribution < -0.4 is 15.4 Å². The number of halogens is 1. The Morgan fingerprint density at radius 3 is 2.95 bits per heavy atom. The predicted octanol–water partition coefficient (Wildman–Crippen LogP) is 3.15. The Labute approximate surface area is 127 Å². The lowest BCUT2D eigenvalue weighted by atomic mass is 10.1. The third-order valence-electron chi connectivity index (χ3n) is 3.29. The molecule has 0 aliphatic carbocycles. The Morgan fingerprint density at radius 2 is 2.35 bits per heavy atom. The number of rotatable bonds is 4. The number of amides is 2. The molecule has 1 heterocycles. The summed E-state index contributed by atoms with van der Waals surface area (Å²) in [5.74, 6) is 0.726. The van der Waals surface area contributed by atoms with Gasteiger partial charge in [0, 0.05) is 12.3 Å². The zero-order chi connectivity index (χ0) is 14.5. The summed E-state index contributed by atoms with van der Waals surface area (Å²) in [6.07, 6.45) is 2.17. The van der Waals surface area contributed by atoms with Gasteiger partial charge in [-0.15, -0.1) is 0 Å². The zero-order valence-electron chi connectivity index (χ0n) is 11.6. The topological polar surface area (TPSA) is 59.6 Å². The van der Waals surface area contributed by atoms with E-state index in [4.69, 9.17) is 9.47 Å². The lowest BCUT2D eigenvalue weighted by molar-refractivity contribution is 0.0868. The average Bonchev–Trinajstić information content (AvgIpc) is 2.92. The summed E-state index contributed by atoms with van der Waals surface area (Å²) in [7, 11) is 1.60. The SMILES string of the molecule is COc1ccc(NC(=O)N[C@H](C)[C@H]2CCCO2)cc1Br. The number of anilines is 1. The fourth-order valence-electron chi connectivity index (χ4n) is 2.21. The van der Waals surface area contributed by atoms with Gasteiger partial charge in [0.2, 0.25) is 0 Å². The third kappa shape index (κ3) is 3.86. The minimum atomic E-state index is -0.231. The summed E-state index contributed by atoms with van der Waals surface area (Å²) in [6, 6.07) is 5.15. The van der Waals surface area contributed by atoms with Crippen LogP contribution in [0.1, 0.15) is 19.8 Å². The number of urea groups is 1. The number of ether oxygens (including phenoxy) is 2. The molecular weight excluding hydrogens is 324 g/mol. The van der Waals surface area contributed by atoms with Crippen LogP contribution in [0.5, 0.6) is 5.75 Å². The molecule has 0 unspecified atom stereocenters. The van der Waals surface area contributed by atoms with E-state index in [0.717, 1.165) is 29.7 Å². The van der Waals surface area contributed by atoms with Crippen molar-refractivity contribution in [2.45, 2.75) is 31.9 Å². The van der Waals surface area contributed by atoms with Crippen LogP contribution >= 0.6 is 15.9 Å². The molecule has 0 bridgehead atoms. The molecule has 6 heteroatoms. The first-order chi connectivity index (χ1) is 9.60. The molecule has 2 amide bonds. The Bertz CT molecular complexity index is 475. The average molecular weight is 343 g/mol. The molecule has 1 saturated heterocycles. The summed E-state index contributed by atoms with van der Waals surface area (Å²) >= 11 is 3.39. The predicted molar refractivity (Wildman–Crippen MR) is 81.3 cm³/mol. The maximum Gasteiger partial charge on any atom is 0.319 e. The highest BCUT2D eigenvalue weighted by atomic mass is 79.9. The van der Waals surface area contributed by atoms with Crippen molar-refractivity contribution in [1.82, 2.24) is 5.32 Å². The molecule has 2 N–H and O–H groups in total. The van der Waals surface area contributed by atoms with E-state index in [1.165, 1.54) is 0 Å². The molecule has 2 rings (SSSR count). The number of methoxy groups -OCH3 is 1. The standard InChI is InChI=1S/C14H19BrN2O3/c1-9(12-4-3-7-20-12)16-14(18)17-10-5-6-13(19-2)11(15)8-10/h5-6,8-9,12H,3-4,7H2,1-2H3,(H2,16,17,18)/t9-,12-/m1/s1. The van der Waals surface area contributed by atoms with E-state index >= 15 is 0 Å². The van der Waals surface area contributed by atoms with Crippen LogP contribution in [0, 0.1) is 0 Å². The highest BCUT2D eigenvalue weighted by Crippen LogP contribution is 2.27. The van der Waals surface area contributed by atoms with Crippen LogP contribution in [0.2, 0.25) is 0 Å². The second kappa shape index (κ2) is 6.95. The van der Waals surface area contributed by atoms with Crippen molar-refractivity contribution in [2.24, 2.45) is 0 Å². The monoisotopic (exact) mass is 342 g/mol. The number of carbonyl (C=O) groups is 1. The molecule has 0 saturated carbocycles. The van der Waals surface area contributed by atoms with Crippen LogP contribution in [0.4, 0.5) is 10.5 Å². The van der Waals surface area contributed by atoms with E-state index in [-0.39, 0.29) is 18.2 Å². The number of hydrogen-bond acceptors (Lipinski definition) is 3. The smallest absolute Gasteiger partial charge is 0.319 e. The van der Waals surface area contributed by atoms with Crippen molar-refractivity contribution >= 4 is 27.6 Å². The van der Waals surface area contributed by atoms with Gasteiger partial charge in [-0.3, -0.25) is 0 Å². The van der Waals surface area contributed by atoms with Crippen LogP contribution in [0.3, 0.4) is 0 Å². The first-order valence-corrected chi connectivity index (χ1v) is 7.42. The lowest BCUT2D eigenvalue weighted by Crippen LogP contribution is -2.42. The van der Waals surface area contributed by atoms with E-state index < -0.39 is 0 Å². The summed E-state index contributed by atoms with van der Waals surface area (Å²) in [4.78, 5) is 11.9. The summed E-state index contributed by atoms with van der Waals surface area (Å²) in [6.45, 7) is 2.74. The molecule has 2 atom stereocenters. The Balaban J connectivity index is 1.89. The molecule has 0 aromatic heterocycles. The van der Waals surface area contributed by atoms with E-state index in [1.807, 2.05) is 6.92 Å². The molecule has 1 fully saturated rings. The van der Waals surface area contributed by atoms with E-state index in [2.05, 4.69) is 26.6 Å². The van der Waals surface area contributed by atoms with Gasteiger partial charge in [-0.2, -0.15) is 0 Å². The molecule has 0 radical (unpaired) electrons. The number of nitrogens with one attached hydrogen (secondary N) is 2. The van der Waals surface area contributed by atoms with Crippen molar-refractivity contribution < 1.29 is 14.3 Å². The minimum Gasteiger partial charge on any atom is -0.496 e. The van der Waals surface area contributed by atoms with Crippen LogP contribution in [0.15, 0.2) is 22.7 Å². The van der Waals surface area contributed by atoms with Gasteiger partial charge in [-0.25, -0.2) is 4.79 Å². The second-order valence-electron chi connectivity index (χ2n) is 4.79. The summed E-state index contributed by atoms with van der Waals surface area (Å²) < 4.78 is 11.5. The second-order valence-corrected chi connectivity index (χ2v) is 5.64. The first kappa shape index (κ1) is 15.1. The van der Waals surface area contributed by atoms with Crippen molar-refractivity contribution in [1.29, 1.82) is 0 Å². The van der Waals surface area contributed by atoms with E-state index in [1.54, 1.807) is 25.3 Å². The van der Waals surface area contributed by atoms with E-state index in [9.17, 15) is 4.79 Å². The molecule has 0 spiro atoms. The number of carbonyl (C=O) groups excluding carboxylic acids is 1. The van der Waals surface area contributed by atoms with Crippen molar-refractivity contribution in [3.63, 3.8) is 0 Å². The molecule has 1 aromatic rings. The van der Waals surface area contributed by atoms with Crippen molar-refractivity contribution in [2.75, 3.05) is 19.0 Å². The molecular formula is C14H19BrN2O3. The third-order valence-corrected chi connectivity index (χ3v) is 3.91. The van der Waals surface area contributed by atoms with Crippen molar-refractivity contribution in [3.8, 4) is 5.75 Å². The van der Waals surface area contributed by atoms with Crippen LogP contribution in [0.25, 0.3) is 0 Å². The molecule has 20 heavy (non-hydrogen) atoms. The van der Waals surface area contributed by atoms with Gasteiger partial charge in [0.05, 0.1) is 23.7 Å². The maximum absolute atomic E-state index is 11.9. The molecule has 1 aromatic carbocycles. The first-order valence-electron chi connectivity index (χ1n) is 6.63. The van der Waals surface area contributed by atoms with Crippen LogP contribution in [-0.4, -0.2) is 31.9 Å². The van der Waals surface area contributed by atoms with Crippen LogP contribution in [-0.2, 0) is 4.74 Å². The number of hydrogen-bond donors (Lipinski definition) is 2. The maximum atomic E-state index is 11.9. The molecule has 1 aliphatic heterocycles. The Kier molecular flexibility index (Phi) is 5.25. The fourth-order valence-corrected chi connectivity index (χ4v) is 2.75. The normalized spacial score (nSPS) is 19.4. The van der Waals surface area contributed by atoms with Gasteiger partial charge in [-0.1, -0.05) is 0 Å². The fraction of sp³-hybridized carbons (Fsp3) is 0.500. The Morgan fingerprint density at radius 1 is 1.55 bits per heavy atom. The quantitative estimate of drug-likeness (QED) is 0.883. The van der Waals surface area contributed by atoms with Gasteiger partial charge in [-0.05, 0) is 53.9 Å². The highest BCUT2D eigenvalue weighted by Gasteiger charge is 2.23. The van der Waals surface area contributed by atoms with Gasteiger partial charge >= 0.3 is 6.03 Å². The zero-order valence-corrected chi connectivity index (χ0v) is 13.2.